The normalized spacial score (nSPS) is 41.4. The maximum absolute atomic E-state index is 12.3. The molecule has 0 aromatic carbocycles. The summed E-state index contributed by atoms with van der Waals surface area (Å²) in [5.74, 6) is 0.568. The minimum atomic E-state index is -0.171. The van der Waals surface area contributed by atoms with Crippen molar-refractivity contribution in [2.45, 2.75) is 70.1 Å². The second-order valence-corrected chi connectivity index (χ2v) is 6.11. The molecule has 0 aromatic rings. The smallest absolute Gasteiger partial charge is 0.224 e. The highest BCUT2D eigenvalue weighted by atomic mass is 16.3. The van der Waals surface area contributed by atoms with E-state index in [4.69, 9.17) is 5.73 Å². The third-order valence-electron chi connectivity index (χ3n) is 4.68. The van der Waals surface area contributed by atoms with Crippen molar-refractivity contribution in [3.63, 3.8) is 0 Å². The lowest BCUT2D eigenvalue weighted by molar-refractivity contribution is -0.128. The maximum Gasteiger partial charge on any atom is 0.224 e. The molecule has 1 amide bonds. The van der Waals surface area contributed by atoms with Crippen molar-refractivity contribution in [3.8, 4) is 0 Å². The van der Waals surface area contributed by atoms with E-state index in [0.717, 1.165) is 44.9 Å². The molecule has 4 nitrogen and oxygen atoms in total. The first-order valence-electron chi connectivity index (χ1n) is 7.32. The van der Waals surface area contributed by atoms with Gasteiger partial charge in [0, 0.05) is 12.1 Å². The van der Waals surface area contributed by atoms with E-state index >= 15 is 0 Å². The second kappa shape index (κ2) is 6.02. The summed E-state index contributed by atoms with van der Waals surface area (Å²) in [5.41, 5.74) is 6.15. The van der Waals surface area contributed by atoms with E-state index in [-0.39, 0.29) is 30.0 Å². The van der Waals surface area contributed by atoms with Gasteiger partial charge in [0.25, 0.3) is 0 Å². The molecule has 0 aromatic heterocycles. The van der Waals surface area contributed by atoms with E-state index in [0.29, 0.717) is 5.92 Å². The summed E-state index contributed by atoms with van der Waals surface area (Å²) < 4.78 is 0. The minimum absolute atomic E-state index is 0.00734. The van der Waals surface area contributed by atoms with E-state index in [1.54, 1.807) is 0 Å². The van der Waals surface area contributed by atoms with Gasteiger partial charge in [0.2, 0.25) is 5.91 Å². The highest BCUT2D eigenvalue weighted by Gasteiger charge is 2.34. The number of aliphatic hydroxyl groups excluding tert-OH is 1. The van der Waals surface area contributed by atoms with Gasteiger partial charge in [-0.3, -0.25) is 4.79 Å². The Balaban J connectivity index is 1.83. The molecule has 4 heteroatoms. The van der Waals surface area contributed by atoms with Crippen molar-refractivity contribution in [2.75, 3.05) is 0 Å². The number of carbonyl (C=O) groups excluding carboxylic acids is 1. The van der Waals surface area contributed by atoms with Crippen LogP contribution in [0.15, 0.2) is 0 Å². The maximum atomic E-state index is 12.3. The molecule has 0 spiro atoms. The van der Waals surface area contributed by atoms with Crippen LogP contribution in [0.2, 0.25) is 0 Å². The number of hydrogen-bond donors (Lipinski definition) is 3. The Labute approximate surface area is 109 Å². The largest absolute Gasteiger partial charge is 0.393 e. The van der Waals surface area contributed by atoms with Crippen LogP contribution in [0.25, 0.3) is 0 Å². The molecule has 2 fully saturated rings. The van der Waals surface area contributed by atoms with Gasteiger partial charge in [-0.1, -0.05) is 13.3 Å². The van der Waals surface area contributed by atoms with Crippen molar-refractivity contribution in [2.24, 2.45) is 17.6 Å². The van der Waals surface area contributed by atoms with Crippen LogP contribution in [-0.2, 0) is 4.79 Å². The highest BCUT2D eigenvalue weighted by molar-refractivity contribution is 5.79. The Morgan fingerprint density at radius 1 is 1.17 bits per heavy atom. The second-order valence-electron chi connectivity index (χ2n) is 6.11. The number of nitrogens with two attached hydrogens (primary N) is 1. The number of nitrogens with one attached hydrogen (secondary N) is 1. The molecule has 2 saturated carbocycles. The lowest BCUT2D eigenvalue weighted by Gasteiger charge is -2.34. The van der Waals surface area contributed by atoms with Crippen LogP contribution in [0.5, 0.6) is 0 Å². The Bertz CT molecular complexity index is 288. The quantitative estimate of drug-likeness (QED) is 0.692. The molecule has 3 unspecified atom stereocenters. The van der Waals surface area contributed by atoms with Crippen molar-refractivity contribution in [1.29, 1.82) is 0 Å². The zero-order valence-corrected chi connectivity index (χ0v) is 11.3. The Morgan fingerprint density at radius 3 is 2.50 bits per heavy atom. The van der Waals surface area contributed by atoms with Crippen LogP contribution >= 0.6 is 0 Å². The Hall–Kier alpha value is -0.610. The van der Waals surface area contributed by atoms with Crippen molar-refractivity contribution >= 4 is 5.91 Å². The fourth-order valence-corrected chi connectivity index (χ4v) is 3.28. The lowest BCUT2D eigenvalue weighted by Crippen LogP contribution is -2.50. The summed E-state index contributed by atoms with van der Waals surface area (Å²) in [6.07, 6.45) is 6.39. The topological polar surface area (TPSA) is 75.3 Å². The van der Waals surface area contributed by atoms with Gasteiger partial charge < -0.3 is 16.2 Å². The van der Waals surface area contributed by atoms with Crippen LogP contribution in [0.1, 0.15) is 51.9 Å². The number of aliphatic hydroxyl groups is 1. The molecular weight excluding hydrogens is 228 g/mol. The van der Waals surface area contributed by atoms with E-state index in [9.17, 15) is 9.90 Å². The molecule has 104 valence electrons. The van der Waals surface area contributed by atoms with Gasteiger partial charge in [0.1, 0.15) is 0 Å². The van der Waals surface area contributed by atoms with E-state index in [2.05, 4.69) is 12.2 Å². The average molecular weight is 254 g/mol. The Morgan fingerprint density at radius 2 is 1.83 bits per heavy atom. The molecule has 0 radical (unpaired) electrons. The summed E-state index contributed by atoms with van der Waals surface area (Å²) in [5, 5.41) is 12.6. The molecule has 3 atom stereocenters. The van der Waals surface area contributed by atoms with Gasteiger partial charge in [0.15, 0.2) is 0 Å². The molecule has 2 rings (SSSR count). The van der Waals surface area contributed by atoms with Crippen LogP contribution in [-0.4, -0.2) is 29.2 Å². The molecule has 0 heterocycles. The summed E-state index contributed by atoms with van der Waals surface area (Å²) in [6.45, 7) is 2.14. The zero-order valence-electron chi connectivity index (χ0n) is 11.3. The van der Waals surface area contributed by atoms with E-state index in [1.165, 1.54) is 0 Å². The highest BCUT2D eigenvalue weighted by Crippen LogP contribution is 2.28. The summed E-state index contributed by atoms with van der Waals surface area (Å²) in [4.78, 5) is 12.3. The molecule has 18 heavy (non-hydrogen) atoms. The van der Waals surface area contributed by atoms with Gasteiger partial charge in [-0.2, -0.15) is 0 Å². The predicted molar refractivity (Wildman–Crippen MR) is 70.9 cm³/mol. The Kier molecular flexibility index (Phi) is 4.62. The lowest BCUT2D eigenvalue weighted by atomic mass is 9.77. The van der Waals surface area contributed by atoms with Crippen molar-refractivity contribution in [3.05, 3.63) is 0 Å². The van der Waals surface area contributed by atoms with E-state index < -0.39 is 0 Å². The van der Waals surface area contributed by atoms with Crippen molar-refractivity contribution < 1.29 is 9.90 Å². The molecular formula is C14H26N2O2. The monoisotopic (exact) mass is 254 g/mol. The summed E-state index contributed by atoms with van der Waals surface area (Å²) in [6, 6.07) is 0.248. The first kappa shape index (κ1) is 13.8. The number of rotatable bonds is 2. The zero-order chi connectivity index (χ0) is 13.1. The SMILES string of the molecule is CC1CCCC(C(=O)NC2CCC(O)CC2)C1N. The van der Waals surface area contributed by atoms with Crippen LogP contribution < -0.4 is 11.1 Å². The number of carbonyl (C=O) groups is 1. The summed E-state index contributed by atoms with van der Waals surface area (Å²) >= 11 is 0. The summed E-state index contributed by atoms with van der Waals surface area (Å²) in [7, 11) is 0. The third-order valence-corrected chi connectivity index (χ3v) is 4.68. The standard InChI is InChI=1S/C14H26N2O2/c1-9-3-2-4-12(13(9)15)14(18)16-10-5-7-11(17)8-6-10/h9-13,17H,2-8,15H2,1H3,(H,16,18). The van der Waals surface area contributed by atoms with Crippen LogP contribution in [0.3, 0.4) is 0 Å². The minimum Gasteiger partial charge on any atom is -0.393 e. The molecule has 0 bridgehead atoms. The fourth-order valence-electron chi connectivity index (χ4n) is 3.28. The molecule has 0 aliphatic heterocycles. The third kappa shape index (κ3) is 3.23. The molecule has 0 saturated heterocycles. The van der Waals surface area contributed by atoms with Gasteiger partial charge in [-0.15, -0.1) is 0 Å². The molecule has 2 aliphatic carbocycles. The van der Waals surface area contributed by atoms with Crippen LogP contribution in [0.4, 0.5) is 0 Å². The number of hydrogen-bond acceptors (Lipinski definition) is 3. The van der Waals surface area contributed by atoms with E-state index in [1.807, 2.05) is 0 Å². The average Bonchev–Trinajstić information content (AvgIpc) is 2.35. The van der Waals surface area contributed by atoms with Gasteiger partial charge in [-0.05, 0) is 44.4 Å². The first-order valence-corrected chi connectivity index (χ1v) is 7.32. The van der Waals surface area contributed by atoms with Crippen molar-refractivity contribution in [1.82, 2.24) is 5.32 Å². The van der Waals surface area contributed by atoms with Crippen LogP contribution in [0, 0.1) is 11.8 Å². The molecule has 4 N–H and O–H groups in total. The molecule has 2 aliphatic rings. The van der Waals surface area contributed by atoms with Gasteiger partial charge >= 0.3 is 0 Å². The predicted octanol–water partition coefficient (Wildman–Crippen LogP) is 1.17. The van der Waals surface area contributed by atoms with Gasteiger partial charge in [-0.25, -0.2) is 0 Å². The van der Waals surface area contributed by atoms with Gasteiger partial charge in [0.05, 0.1) is 12.0 Å². The first-order chi connectivity index (χ1) is 8.58. The fraction of sp³-hybridized carbons (Fsp3) is 0.929. The number of amides is 1.